The van der Waals surface area contributed by atoms with Crippen LogP contribution in [0.4, 0.5) is 5.69 Å². The van der Waals surface area contributed by atoms with Crippen molar-refractivity contribution in [3.8, 4) is 0 Å². The maximum absolute atomic E-state index is 13.1. The number of para-hydroxylation sites is 1. The monoisotopic (exact) mass is 365 g/mol. The average Bonchev–Trinajstić information content (AvgIpc) is 2.92. The molecule has 0 spiro atoms. The Bertz CT molecular complexity index is 899. The van der Waals surface area contributed by atoms with Crippen molar-refractivity contribution in [3.63, 3.8) is 0 Å². The Kier molecular flexibility index (Phi) is 5.28. The Morgan fingerprint density at radius 1 is 1.08 bits per heavy atom. The molecular weight excluding hydrogens is 346 g/mol. The fourth-order valence-corrected chi connectivity index (χ4v) is 3.34. The van der Waals surface area contributed by atoms with Gasteiger partial charge in [-0.2, -0.15) is 0 Å². The summed E-state index contributed by atoms with van der Waals surface area (Å²) in [6.07, 6.45) is 3.75. The Labute approximate surface area is 157 Å². The number of benzene rings is 2. The van der Waals surface area contributed by atoms with Crippen LogP contribution in [0.2, 0.25) is 0 Å². The highest BCUT2D eigenvalue weighted by Gasteiger charge is 2.37. The van der Waals surface area contributed by atoms with Crippen molar-refractivity contribution in [2.24, 2.45) is 0 Å². The Hall–Kier alpha value is -2.79. The number of methoxy groups -OCH3 is 1. The number of amides is 1. The van der Waals surface area contributed by atoms with E-state index < -0.39 is 5.97 Å². The summed E-state index contributed by atoms with van der Waals surface area (Å²) < 4.78 is 4.92. The number of anilines is 1. The SMILES string of the molecule is COC(=O)C1=C(C)N(c2ccccc2)C(=O)/C1=C\c1ccc(SC)cc1. The Balaban J connectivity index is 2.09. The van der Waals surface area contributed by atoms with Crippen molar-refractivity contribution in [1.82, 2.24) is 0 Å². The zero-order valence-corrected chi connectivity index (χ0v) is 15.7. The zero-order valence-electron chi connectivity index (χ0n) is 14.9. The van der Waals surface area contributed by atoms with Crippen molar-refractivity contribution < 1.29 is 14.3 Å². The first-order valence-electron chi connectivity index (χ1n) is 8.11. The second-order valence-corrected chi connectivity index (χ2v) is 6.64. The van der Waals surface area contributed by atoms with E-state index >= 15 is 0 Å². The van der Waals surface area contributed by atoms with E-state index in [9.17, 15) is 9.59 Å². The number of esters is 1. The fourth-order valence-electron chi connectivity index (χ4n) is 2.93. The first-order chi connectivity index (χ1) is 12.6. The molecule has 3 rings (SSSR count). The van der Waals surface area contributed by atoms with Gasteiger partial charge >= 0.3 is 5.97 Å². The summed E-state index contributed by atoms with van der Waals surface area (Å²) in [5, 5.41) is 0. The summed E-state index contributed by atoms with van der Waals surface area (Å²) in [5.41, 5.74) is 2.79. The quantitative estimate of drug-likeness (QED) is 0.461. The largest absolute Gasteiger partial charge is 0.465 e. The number of thioether (sulfide) groups is 1. The molecule has 0 saturated heterocycles. The Morgan fingerprint density at radius 2 is 1.73 bits per heavy atom. The van der Waals surface area contributed by atoms with E-state index in [0.29, 0.717) is 16.8 Å². The average molecular weight is 365 g/mol. The zero-order chi connectivity index (χ0) is 18.7. The van der Waals surface area contributed by atoms with Crippen LogP contribution in [-0.2, 0) is 14.3 Å². The first-order valence-corrected chi connectivity index (χ1v) is 9.34. The van der Waals surface area contributed by atoms with Crippen LogP contribution in [0.3, 0.4) is 0 Å². The summed E-state index contributed by atoms with van der Waals surface area (Å²) in [5.74, 6) is -0.746. The molecule has 2 aromatic rings. The normalized spacial score (nSPS) is 15.7. The van der Waals surface area contributed by atoms with E-state index in [2.05, 4.69) is 0 Å². The topological polar surface area (TPSA) is 46.6 Å². The lowest BCUT2D eigenvalue weighted by atomic mass is 10.0. The lowest BCUT2D eigenvalue weighted by molar-refractivity contribution is -0.136. The predicted molar refractivity (Wildman–Crippen MR) is 105 cm³/mol. The Morgan fingerprint density at radius 3 is 2.31 bits per heavy atom. The molecule has 1 aliphatic rings. The van der Waals surface area contributed by atoms with Gasteiger partial charge in [-0.05, 0) is 49.1 Å². The van der Waals surface area contributed by atoms with Gasteiger partial charge < -0.3 is 4.74 Å². The van der Waals surface area contributed by atoms with Crippen molar-refractivity contribution in [2.45, 2.75) is 11.8 Å². The summed E-state index contributed by atoms with van der Waals surface area (Å²) in [6.45, 7) is 1.76. The van der Waals surface area contributed by atoms with Gasteiger partial charge in [-0.25, -0.2) is 4.79 Å². The number of allylic oxidation sites excluding steroid dienone is 1. The molecule has 0 radical (unpaired) electrons. The number of hydrogen-bond acceptors (Lipinski definition) is 4. The van der Waals surface area contributed by atoms with E-state index in [1.165, 1.54) is 7.11 Å². The molecule has 1 heterocycles. The maximum Gasteiger partial charge on any atom is 0.340 e. The number of nitrogens with zero attached hydrogens (tertiary/aromatic N) is 1. The standard InChI is InChI=1S/C21H19NO3S/c1-14-19(21(24)25-2)18(13-15-9-11-17(26-3)12-10-15)20(23)22(14)16-7-5-4-6-8-16/h4-13H,1-3H3/b18-13-. The second kappa shape index (κ2) is 7.62. The van der Waals surface area contributed by atoms with Crippen LogP contribution in [0.25, 0.3) is 6.08 Å². The number of rotatable bonds is 4. The third-order valence-electron chi connectivity index (χ3n) is 4.23. The van der Waals surface area contributed by atoms with Gasteiger partial charge in [0.1, 0.15) is 0 Å². The molecule has 0 N–H and O–H groups in total. The van der Waals surface area contributed by atoms with E-state index in [1.807, 2.05) is 60.9 Å². The maximum atomic E-state index is 13.1. The minimum absolute atomic E-state index is 0.233. The minimum Gasteiger partial charge on any atom is -0.465 e. The molecule has 1 aliphatic heterocycles. The first kappa shape index (κ1) is 18.0. The molecule has 4 nitrogen and oxygen atoms in total. The smallest absolute Gasteiger partial charge is 0.340 e. The summed E-state index contributed by atoms with van der Waals surface area (Å²) in [7, 11) is 1.32. The van der Waals surface area contributed by atoms with Gasteiger partial charge in [0.15, 0.2) is 0 Å². The summed E-state index contributed by atoms with van der Waals surface area (Å²) >= 11 is 1.65. The van der Waals surface area contributed by atoms with E-state index in [4.69, 9.17) is 4.74 Å². The molecule has 2 aromatic carbocycles. The molecule has 132 valence electrons. The van der Waals surface area contributed by atoms with Gasteiger partial charge in [0, 0.05) is 16.3 Å². The van der Waals surface area contributed by atoms with Crippen LogP contribution in [-0.4, -0.2) is 25.2 Å². The molecule has 0 unspecified atom stereocenters. The molecule has 0 bridgehead atoms. The van der Waals surface area contributed by atoms with Gasteiger partial charge in [0.05, 0.1) is 18.3 Å². The number of hydrogen-bond donors (Lipinski definition) is 0. The highest BCUT2D eigenvalue weighted by atomic mass is 32.2. The molecule has 26 heavy (non-hydrogen) atoms. The minimum atomic E-state index is -0.513. The molecule has 0 fully saturated rings. The van der Waals surface area contributed by atoms with Crippen molar-refractivity contribution >= 4 is 35.4 Å². The predicted octanol–water partition coefficient (Wildman–Crippen LogP) is 4.29. The lowest BCUT2D eigenvalue weighted by Crippen LogP contribution is -2.24. The van der Waals surface area contributed by atoms with E-state index in [1.54, 1.807) is 29.7 Å². The number of carbonyl (C=O) groups excluding carboxylic acids is 2. The van der Waals surface area contributed by atoms with Crippen LogP contribution in [0, 0.1) is 0 Å². The lowest BCUT2D eigenvalue weighted by Gasteiger charge is -2.17. The van der Waals surface area contributed by atoms with Crippen molar-refractivity contribution in [1.29, 1.82) is 0 Å². The molecule has 1 amide bonds. The van der Waals surface area contributed by atoms with Crippen LogP contribution in [0.5, 0.6) is 0 Å². The van der Waals surface area contributed by atoms with Crippen molar-refractivity contribution in [2.75, 3.05) is 18.3 Å². The molecule has 0 saturated carbocycles. The molecule has 5 heteroatoms. The summed E-state index contributed by atoms with van der Waals surface area (Å²) in [4.78, 5) is 28.1. The van der Waals surface area contributed by atoms with Gasteiger partial charge in [-0.1, -0.05) is 30.3 Å². The number of ether oxygens (including phenoxy) is 1. The van der Waals surface area contributed by atoms with Crippen molar-refractivity contribution in [3.05, 3.63) is 77.0 Å². The van der Waals surface area contributed by atoms with Gasteiger partial charge in [0.2, 0.25) is 0 Å². The van der Waals surface area contributed by atoms with Crippen LogP contribution in [0.1, 0.15) is 12.5 Å². The molecule has 0 atom stereocenters. The third-order valence-corrected chi connectivity index (χ3v) is 4.97. The summed E-state index contributed by atoms with van der Waals surface area (Å²) in [6, 6.07) is 17.1. The third kappa shape index (κ3) is 3.30. The van der Waals surface area contributed by atoms with E-state index in [0.717, 1.165) is 16.1 Å². The van der Waals surface area contributed by atoms with Crippen LogP contribution < -0.4 is 4.90 Å². The highest BCUT2D eigenvalue weighted by molar-refractivity contribution is 7.98. The fraction of sp³-hybridized carbons (Fsp3) is 0.143. The molecule has 0 aliphatic carbocycles. The number of carbonyl (C=O) groups is 2. The second-order valence-electron chi connectivity index (χ2n) is 5.76. The van der Waals surface area contributed by atoms with Crippen LogP contribution >= 0.6 is 11.8 Å². The van der Waals surface area contributed by atoms with Gasteiger partial charge in [-0.15, -0.1) is 11.8 Å². The molecule has 0 aromatic heterocycles. The highest BCUT2D eigenvalue weighted by Crippen LogP contribution is 2.35. The van der Waals surface area contributed by atoms with Crippen LogP contribution in [0.15, 0.2) is 76.3 Å². The van der Waals surface area contributed by atoms with Gasteiger partial charge in [-0.3, -0.25) is 9.69 Å². The van der Waals surface area contributed by atoms with Gasteiger partial charge in [0.25, 0.3) is 5.91 Å². The molecular formula is C21H19NO3S. The van der Waals surface area contributed by atoms with E-state index in [-0.39, 0.29) is 5.91 Å².